The minimum Gasteiger partial charge on any atom is -0.497 e. The van der Waals surface area contributed by atoms with E-state index < -0.39 is 0 Å². The Bertz CT molecular complexity index is 1250. The lowest BCUT2D eigenvalue weighted by Gasteiger charge is -2.32. The van der Waals surface area contributed by atoms with E-state index in [2.05, 4.69) is 4.90 Å². The molecule has 0 saturated carbocycles. The van der Waals surface area contributed by atoms with Gasteiger partial charge in [-0.25, -0.2) is 5.01 Å². The number of nitrogens with zero attached hydrogens (tertiary/aromatic N) is 4. The summed E-state index contributed by atoms with van der Waals surface area (Å²) in [7, 11) is 4.81. The zero-order valence-electron chi connectivity index (χ0n) is 25.7. The Balaban J connectivity index is 1.62. The lowest BCUT2D eigenvalue weighted by molar-refractivity contribution is -0.142. The largest absolute Gasteiger partial charge is 0.497 e. The molecule has 1 fully saturated rings. The molecule has 2 heterocycles. The Morgan fingerprint density at radius 3 is 2.29 bits per heavy atom. The van der Waals surface area contributed by atoms with E-state index in [1.54, 1.807) is 26.2 Å². The maximum absolute atomic E-state index is 14.0. The van der Waals surface area contributed by atoms with E-state index in [4.69, 9.17) is 24.0 Å². The molecule has 2 aliphatic heterocycles. The third kappa shape index (κ3) is 8.01. The molecule has 0 radical (unpaired) electrons. The Labute approximate surface area is 249 Å². The molecular formula is C32H44N4O6. The number of hydrogen-bond acceptors (Lipinski definition) is 8. The highest BCUT2D eigenvalue weighted by atomic mass is 16.5. The van der Waals surface area contributed by atoms with Crippen molar-refractivity contribution in [3.8, 4) is 17.2 Å². The van der Waals surface area contributed by atoms with E-state index in [1.165, 1.54) is 5.01 Å². The van der Waals surface area contributed by atoms with Crippen molar-refractivity contribution in [2.45, 2.75) is 39.7 Å². The van der Waals surface area contributed by atoms with Gasteiger partial charge < -0.3 is 23.8 Å². The third-order valence-electron chi connectivity index (χ3n) is 7.53. The molecule has 1 atom stereocenters. The van der Waals surface area contributed by atoms with E-state index >= 15 is 0 Å². The molecule has 0 spiro atoms. The van der Waals surface area contributed by atoms with Gasteiger partial charge in [-0.2, -0.15) is 5.10 Å². The molecule has 10 nitrogen and oxygen atoms in total. The number of morpholine rings is 1. The van der Waals surface area contributed by atoms with Gasteiger partial charge in [-0.15, -0.1) is 0 Å². The predicted octanol–water partition coefficient (Wildman–Crippen LogP) is 3.99. The zero-order valence-corrected chi connectivity index (χ0v) is 25.7. The number of hydrogen-bond donors (Lipinski definition) is 0. The third-order valence-corrected chi connectivity index (χ3v) is 7.53. The molecule has 10 heteroatoms. The molecule has 228 valence electrons. The average Bonchev–Trinajstić information content (AvgIpc) is 3.44. The van der Waals surface area contributed by atoms with Gasteiger partial charge in [-0.1, -0.05) is 26.8 Å². The average molecular weight is 581 g/mol. The summed E-state index contributed by atoms with van der Waals surface area (Å²) in [5.74, 6) is 1.66. The van der Waals surface area contributed by atoms with Crippen molar-refractivity contribution in [1.82, 2.24) is 14.8 Å². The smallest absolute Gasteiger partial charge is 0.262 e. The van der Waals surface area contributed by atoms with E-state index in [-0.39, 0.29) is 29.8 Å². The van der Waals surface area contributed by atoms with Crippen LogP contribution in [-0.4, -0.2) is 99.6 Å². The number of rotatable bonds is 11. The van der Waals surface area contributed by atoms with Crippen LogP contribution in [0.5, 0.6) is 17.2 Å². The van der Waals surface area contributed by atoms with Gasteiger partial charge in [0.1, 0.15) is 12.3 Å². The van der Waals surface area contributed by atoms with Crippen LogP contribution in [0.25, 0.3) is 0 Å². The van der Waals surface area contributed by atoms with Crippen molar-refractivity contribution >= 4 is 17.5 Å². The maximum atomic E-state index is 14.0. The number of methoxy groups -OCH3 is 3. The highest BCUT2D eigenvalue weighted by Gasteiger charge is 2.35. The molecule has 0 unspecified atom stereocenters. The Morgan fingerprint density at radius 1 is 0.976 bits per heavy atom. The quantitative estimate of drug-likeness (QED) is 0.397. The van der Waals surface area contributed by atoms with E-state index in [1.807, 2.05) is 63.2 Å². The maximum Gasteiger partial charge on any atom is 0.262 e. The van der Waals surface area contributed by atoms with Crippen LogP contribution in [-0.2, 0) is 14.3 Å². The number of hydrazone groups is 1. The van der Waals surface area contributed by atoms with Crippen LogP contribution in [0.2, 0.25) is 0 Å². The fourth-order valence-corrected chi connectivity index (χ4v) is 5.20. The van der Waals surface area contributed by atoms with Gasteiger partial charge in [0.2, 0.25) is 5.91 Å². The molecule has 2 aromatic rings. The first-order valence-electron chi connectivity index (χ1n) is 14.5. The minimum atomic E-state index is -0.367. The molecular weight excluding hydrogens is 536 g/mol. The lowest BCUT2D eigenvalue weighted by atomic mass is 9.91. The van der Waals surface area contributed by atoms with Crippen LogP contribution in [0.3, 0.4) is 0 Å². The summed E-state index contributed by atoms with van der Waals surface area (Å²) in [6, 6.07) is 12.9. The molecule has 4 rings (SSSR count). The van der Waals surface area contributed by atoms with Crippen molar-refractivity contribution in [3.05, 3.63) is 53.6 Å². The second kappa shape index (κ2) is 14.0. The number of carbonyl (C=O) groups excluding carboxylic acids is 2. The summed E-state index contributed by atoms with van der Waals surface area (Å²) < 4.78 is 21.8. The Kier molecular flexibility index (Phi) is 10.5. The normalized spacial score (nSPS) is 17.5. The van der Waals surface area contributed by atoms with Gasteiger partial charge in [-0.3, -0.25) is 14.5 Å². The molecule has 2 amide bonds. The van der Waals surface area contributed by atoms with Crippen molar-refractivity contribution in [3.63, 3.8) is 0 Å². The summed E-state index contributed by atoms with van der Waals surface area (Å²) >= 11 is 0. The molecule has 42 heavy (non-hydrogen) atoms. The SMILES string of the molecule is COc1ccc(C2=NN(C(=O)CN(CCN3CCOCC3)C(=O)CC(C)(C)C)[C@@H](c3ccc(OC)c(OC)c3)C2)cc1. The minimum absolute atomic E-state index is 0.0367. The van der Waals surface area contributed by atoms with E-state index in [9.17, 15) is 9.59 Å². The van der Waals surface area contributed by atoms with Crippen LogP contribution >= 0.6 is 0 Å². The topological polar surface area (TPSA) is 93.1 Å². The van der Waals surface area contributed by atoms with Gasteiger partial charge in [0, 0.05) is 39.0 Å². The summed E-state index contributed by atoms with van der Waals surface area (Å²) in [4.78, 5) is 31.5. The van der Waals surface area contributed by atoms with Gasteiger partial charge >= 0.3 is 0 Å². The van der Waals surface area contributed by atoms with Gasteiger partial charge in [-0.05, 0) is 52.9 Å². The number of benzene rings is 2. The van der Waals surface area contributed by atoms with Crippen molar-refractivity contribution < 1.29 is 28.5 Å². The second-order valence-electron chi connectivity index (χ2n) is 11.9. The van der Waals surface area contributed by atoms with Gasteiger partial charge in [0.25, 0.3) is 5.91 Å². The molecule has 0 N–H and O–H groups in total. The second-order valence-corrected chi connectivity index (χ2v) is 11.9. The highest BCUT2D eigenvalue weighted by molar-refractivity contribution is 6.03. The molecule has 1 saturated heterocycles. The first-order chi connectivity index (χ1) is 20.1. The van der Waals surface area contributed by atoms with Crippen LogP contribution < -0.4 is 14.2 Å². The number of ether oxygens (including phenoxy) is 4. The predicted molar refractivity (Wildman–Crippen MR) is 161 cm³/mol. The molecule has 2 aromatic carbocycles. The standard InChI is InChI=1S/C32H44N4O6/c1-32(2,3)21-30(37)35(14-13-34-15-17-42-18-16-34)22-31(38)36-27(24-9-12-28(40-5)29(19-24)41-6)20-26(33-36)23-7-10-25(39-4)11-8-23/h7-12,19,27H,13-18,20-22H2,1-6H3/t27-/m1/s1. The summed E-state index contributed by atoms with van der Waals surface area (Å²) in [6.45, 7) is 10.2. The van der Waals surface area contributed by atoms with Crippen LogP contribution in [0.15, 0.2) is 47.6 Å². The zero-order chi connectivity index (χ0) is 30.3. The van der Waals surface area contributed by atoms with Crippen LogP contribution in [0.4, 0.5) is 0 Å². The number of amides is 2. The fraction of sp³-hybridized carbons (Fsp3) is 0.531. The monoisotopic (exact) mass is 580 g/mol. The summed E-state index contributed by atoms with van der Waals surface area (Å²) in [5.41, 5.74) is 2.36. The highest BCUT2D eigenvalue weighted by Crippen LogP contribution is 2.37. The fourth-order valence-electron chi connectivity index (χ4n) is 5.20. The lowest BCUT2D eigenvalue weighted by Crippen LogP contribution is -2.47. The Hall–Kier alpha value is -3.63. The summed E-state index contributed by atoms with van der Waals surface area (Å²) in [6.07, 6.45) is 0.861. The summed E-state index contributed by atoms with van der Waals surface area (Å²) in [5, 5.41) is 6.36. The molecule has 0 bridgehead atoms. The molecule has 0 aromatic heterocycles. The van der Waals surface area contributed by atoms with Gasteiger partial charge in [0.15, 0.2) is 11.5 Å². The van der Waals surface area contributed by atoms with Crippen molar-refractivity contribution in [1.29, 1.82) is 0 Å². The first kappa shape index (κ1) is 31.3. The van der Waals surface area contributed by atoms with Crippen molar-refractivity contribution in [2.24, 2.45) is 10.5 Å². The van der Waals surface area contributed by atoms with Gasteiger partial charge in [0.05, 0.1) is 46.3 Å². The van der Waals surface area contributed by atoms with E-state index in [0.29, 0.717) is 50.6 Å². The Morgan fingerprint density at radius 2 is 1.67 bits per heavy atom. The molecule has 2 aliphatic rings. The number of carbonyl (C=O) groups is 2. The van der Waals surface area contributed by atoms with Crippen LogP contribution in [0, 0.1) is 5.41 Å². The van der Waals surface area contributed by atoms with E-state index in [0.717, 1.165) is 35.7 Å². The van der Waals surface area contributed by atoms with Crippen LogP contribution in [0.1, 0.15) is 50.8 Å². The molecule has 0 aliphatic carbocycles. The first-order valence-corrected chi connectivity index (χ1v) is 14.5. The van der Waals surface area contributed by atoms with Crippen molar-refractivity contribution in [2.75, 3.05) is 67.3 Å².